The first kappa shape index (κ1) is 10.7. The zero-order chi connectivity index (χ0) is 10.6. The Morgan fingerprint density at radius 2 is 2.29 bits per heavy atom. The molecule has 0 unspecified atom stereocenters. The van der Waals surface area contributed by atoms with Crippen LogP contribution < -0.4 is 4.74 Å². The number of rotatable bonds is 4. The number of nitrogens with zero attached hydrogens (tertiary/aromatic N) is 1. The van der Waals surface area contributed by atoms with Crippen LogP contribution >= 0.6 is 0 Å². The summed E-state index contributed by atoms with van der Waals surface area (Å²) in [6.45, 7) is 5.46. The summed E-state index contributed by atoms with van der Waals surface area (Å²) in [7, 11) is 0. The number of ketones is 1. The number of carbonyl (C=O) groups excluding carboxylic acids is 1. The van der Waals surface area contributed by atoms with Crippen LogP contribution in [0.2, 0.25) is 0 Å². The van der Waals surface area contributed by atoms with E-state index in [4.69, 9.17) is 4.74 Å². The predicted octanol–water partition coefficient (Wildman–Crippen LogP) is 2.00. The van der Waals surface area contributed by atoms with Gasteiger partial charge in [0.2, 0.25) is 5.88 Å². The lowest BCUT2D eigenvalue weighted by Gasteiger charge is -2.08. The minimum absolute atomic E-state index is 0.107. The van der Waals surface area contributed by atoms with Crippen LogP contribution in [0.1, 0.15) is 26.3 Å². The monoisotopic (exact) mass is 193 g/mol. The van der Waals surface area contributed by atoms with E-state index < -0.39 is 0 Å². The molecule has 0 amide bonds. The van der Waals surface area contributed by atoms with Gasteiger partial charge < -0.3 is 4.74 Å². The van der Waals surface area contributed by atoms with Crippen LogP contribution in [-0.4, -0.2) is 16.9 Å². The molecule has 76 valence electrons. The van der Waals surface area contributed by atoms with E-state index in [9.17, 15) is 4.79 Å². The number of Topliss-reactive ketones (excluding diaryl/α,β-unsaturated/α-hetero) is 1. The van der Waals surface area contributed by atoms with Crippen LogP contribution in [0.3, 0.4) is 0 Å². The van der Waals surface area contributed by atoms with Crippen LogP contribution in [-0.2, 0) is 11.2 Å². The predicted molar refractivity (Wildman–Crippen MR) is 54.4 cm³/mol. The van der Waals surface area contributed by atoms with Crippen molar-refractivity contribution < 1.29 is 9.53 Å². The fourth-order valence-corrected chi connectivity index (χ4v) is 1.15. The summed E-state index contributed by atoms with van der Waals surface area (Å²) >= 11 is 0. The smallest absolute Gasteiger partial charge is 0.213 e. The molecule has 0 atom stereocenters. The van der Waals surface area contributed by atoms with Crippen molar-refractivity contribution in [2.75, 3.05) is 0 Å². The van der Waals surface area contributed by atoms with Gasteiger partial charge in [0.15, 0.2) is 0 Å². The first-order valence-corrected chi connectivity index (χ1v) is 4.69. The Kier molecular flexibility index (Phi) is 3.63. The highest BCUT2D eigenvalue weighted by Crippen LogP contribution is 2.11. The first-order chi connectivity index (χ1) is 6.58. The Bertz CT molecular complexity index is 321. The maximum atomic E-state index is 10.9. The average molecular weight is 193 g/mol. The van der Waals surface area contributed by atoms with E-state index in [2.05, 4.69) is 4.98 Å². The normalized spacial score (nSPS) is 10.3. The molecule has 0 saturated heterocycles. The molecule has 0 spiro atoms. The van der Waals surface area contributed by atoms with E-state index in [1.165, 1.54) is 0 Å². The van der Waals surface area contributed by atoms with Gasteiger partial charge in [-0.25, -0.2) is 4.98 Å². The van der Waals surface area contributed by atoms with Gasteiger partial charge in [-0.2, -0.15) is 0 Å². The highest BCUT2D eigenvalue weighted by molar-refractivity contribution is 5.78. The van der Waals surface area contributed by atoms with Crippen LogP contribution in [0, 0.1) is 0 Å². The van der Waals surface area contributed by atoms with Crippen molar-refractivity contribution in [3.05, 3.63) is 23.9 Å². The molecule has 1 heterocycles. The molecular formula is C11H15NO2. The van der Waals surface area contributed by atoms with Gasteiger partial charge >= 0.3 is 0 Å². The lowest BCUT2D eigenvalue weighted by molar-refractivity contribution is -0.116. The van der Waals surface area contributed by atoms with Crippen molar-refractivity contribution in [1.29, 1.82) is 0 Å². The van der Waals surface area contributed by atoms with E-state index in [0.717, 1.165) is 5.56 Å². The van der Waals surface area contributed by atoms with Crippen molar-refractivity contribution in [1.82, 2.24) is 4.98 Å². The van der Waals surface area contributed by atoms with Crippen LogP contribution in [0.15, 0.2) is 18.3 Å². The van der Waals surface area contributed by atoms with Crippen LogP contribution in [0.25, 0.3) is 0 Å². The average Bonchev–Trinajstić information content (AvgIpc) is 2.01. The molecule has 0 aliphatic heterocycles. The maximum absolute atomic E-state index is 10.9. The fraction of sp³-hybridized carbons (Fsp3) is 0.455. The topological polar surface area (TPSA) is 39.2 Å². The minimum atomic E-state index is 0.107. The van der Waals surface area contributed by atoms with Gasteiger partial charge in [0.1, 0.15) is 5.78 Å². The molecule has 0 radical (unpaired) electrons. The molecule has 3 nitrogen and oxygen atoms in total. The lowest BCUT2D eigenvalue weighted by Crippen LogP contribution is -2.07. The number of hydrogen-bond donors (Lipinski definition) is 0. The summed E-state index contributed by atoms with van der Waals surface area (Å²) in [5.74, 6) is 0.727. The SMILES string of the molecule is CC(=O)Cc1ccnc(OC(C)C)c1. The van der Waals surface area contributed by atoms with E-state index in [1.807, 2.05) is 19.9 Å². The molecule has 1 aromatic heterocycles. The Hall–Kier alpha value is -1.38. The van der Waals surface area contributed by atoms with Gasteiger partial charge in [-0.1, -0.05) is 0 Å². The van der Waals surface area contributed by atoms with Crippen molar-refractivity contribution >= 4 is 5.78 Å². The summed E-state index contributed by atoms with van der Waals surface area (Å²) in [6.07, 6.45) is 2.21. The van der Waals surface area contributed by atoms with Gasteiger partial charge in [-0.15, -0.1) is 0 Å². The molecule has 1 rings (SSSR count). The summed E-state index contributed by atoms with van der Waals surface area (Å²) in [6, 6.07) is 3.63. The molecule has 0 aliphatic carbocycles. The van der Waals surface area contributed by atoms with Crippen molar-refractivity contribution in [2.24, 2.45) is 0 Å². The quantitative estimate of drug-likeness (QED) is 0.734. The largest absolute Gasteiger partial charge is 0.475 e. The molecule has 0 aromatic carbocycles. The van der Waals surface area contributed by atoms with Gasteiger partial charge in [-0.05, 0) is 32.4 Å². The van der Waals surface area contributed by atoms with Crippen molar-refractivity contribution in [3.63, 3.8) is 0 Å². The first-order valence-electron chi connectivity index (χ1n) is 4.69. The second-order valence-electron chi connectivity index (χ2n) is 3.55. The zero-order valence-corrected chi connectivity index (χ0v) is 8.78. The number of aromatic nitrogens is 1. The zero-order valence-electron chi connectivity index (χ0n) is 8.78. The molecule has 0 fully saturated rings. The van der Waals surface area contributed by atoms with E-state index in [-0.39, 0.29) is 11.9 Å². The summed E-state index contributed by atoms with van der Waals surface area (Å²) in [5.41, 5.74) is 0.947. The number of ether oxygens (including phenoxy) is 1. The van der Waals surface area contributed by atoms with E-state index >= 15 is 0 Å². The number of carbonyl (C=O) groups is 1. The summed E-state index contributed by atoms with van der Waals surface area (Å²) in [4.78, 5) is 14.9. The van der Waals surface area contributed by atoms with Gasteiger partial charge in [0.05, 0.1) is 6.10 Å². The van der Waals surface area contributed by atoms with Gasteiger partial charge in [0, 0.05) is 18.7 Å². The molecule has 14 heavy (non-hydrogen) atoms. The van der Waals surface area contributed by atoms with E-state index in [1.54, 1.807) is 19.2 Å². The van der Waals surface area contributed by atoms with Crippen molar-refractivity contribution in [2.45, 2.75) is 33.3 Å². The molecule has 3 heteroatoms. The summed E-state index contributed by atoms with van der Waals surface area (Å²) in [5, 5.41) is 0. The molecule has 0 bridgehead atoms. The highest BCUT2D eigenvalue weighted by atomic mass is 16.5. The van der Waals surface area contributed by atoms with Crippen molar-refractivity contribution in [3.8, 4) is 5.88 Å². The second-order valence-corrected chi connectivity index (χ2v) is 3.55. The van der Waals surface area contributed by atoms with Gasteiger partial charge in [-0.3, -0.25) is 4.79 Å². The Morgan fingerprint density at radius 3 is 2.86 bits per heavy atom. The third kappa shape index (κ3) is 3.56. The molecule has 0 aliphatic rings. The Balaban J connectivity index is 2.73. The number of hydrogen-bond acceptors (Lipinski definition) is 3. The highest BCUT2D eigenvalue weighted by Gasteiger charge is 2.02. The molecule has 0 saturated carbocycles. The fourth-order valence-electron chi connectivity index (χ4n) is 1.15. The second kappa shape index (κ2) is 4.74. The van der Waals surface area contributed by atoms with Crippen LogP contribution in [0.4, 0.5) is 0 Å². The van der Waals surface area contributed by atoms with Gasteiger partial charge in [0.25, 0.3) is 0 Å². The molecular weight excluding hydrogens is 178 g/mol. The van der Waals surface area contributed by atoms with Crippen LogP contribution in [0.5, 0.6) is 5.88 Å². The third-order valence-corrected chi connectivity index (χ3v) is 1.61. The number of pyridine rings is 1. The molecule has 1 aromatic rings. The maximum Gasteiger partial charge on any atom is 0.213 e. The van der Waals surface area contributed by atoms with E-state index in [0.29, 0.717) is 12.3 Å². The minimum Gasteiger partial charge on any atom is -0.475 e. The third-order valence-electron chi connectivity index (χ3n) is 1.61. The Labute approximate surface area is 84.1 Å². The standard InChI is InChI=1S/C11H15NO2/c1-8(2)14-11-7-10(4-5-12-11)6-9(3)13/h4-5,7-8H,6H2,1-3H3. The lowest BCUT2D eigenvalue weighted by atomic mass is 10.1. The summed E-state index contributed by atoms with van der Waals surface area (Å²) < 4.78 is 5.41. The molecule has 0 N–H and O–H groups in total. The Morgan fingerprint density at radius 1 is 1.57 bits per heavy atom.